The van der Waals surface area contributed by atoms with Crippen molar-refractivity contribution in [3.05, 3.63) is 45.9 Å². The number of imidazole rings is 1. The first-order valence-electron chi connectivity index (χ1n) is 10.4. The number of nitriles is 1. The lowest BCUT2D eigenvalue weighted by atomic mass is 10.2. The van der Waals surface area contributed by atoms with Gasteiger partial charge in [-0.1, -0.05) is 13.0 Å². The maximum atomic E-state index is 13.8. The minimum atomic E-state index is -4.74. The normalized spacial score (nSPS) is 14.7. The zero-order chi connectivity index (χ0) is 24.6. The van der Waals surface area contributed by atoms with Crippen LogP contribution in [0.5, 0.6) is 0 Å². The quantitative estimate of drug-likeness (QED) is 0.402. The number of nitrogens with zero attached hydrogens (tertiary/aromatic N) is 4. The second-order valence-electron chi connectivity index (χ2n) is 8.15. The molecule has 1 aliphatic rings. The Hall–Kier alpha value is -3.17. The molecule has 0 N–H and O–H groups in total. The predicted molar refractivity (Wildman–Crippen MR) is 122 cm³/mol. The number of pyridine rings is 1. The van der Waals surface area contributed by atoms with Crippen LogP contribution in [-0.4, -0.2) is 28.3 Å². The Bertz CT molecular complexity index is 1700. The van der Waals surface area contributed by atoms with Crippen molar-refractivity contribution in [1.29, 1.82) is 5.26 Å². The number of aryl methyl sites for hydroxylation is 1. The first-order valence-corrected chi connectivity index (χ1v) is 12.8. The summed E-state index contributed by atoms with van der Waals surface area (Å²) in [4.78, 5) is 17.7. The Kier molecular flexibility index (Phi) is 4.93. The van der Waals surface area contributed by atoms with Gasteiger partial charge in [0.25, 0.3) is 5.56 Å². The van der Waals surface area contributed by atoms with E-state index in [4.69, 9.17) is 0 Å². The topological polar surface area (TPSA) is 97.8 Å². The van der Waals surface area contributed by atoms with Crippen molar-refractivity contribution in [1.82, 2.24) is 14.1 Å². The number of alkyl halides is 3. The van der Waals surface area contributed by atoms with E-state index in [1.165, 1.54) is 24.6 Å². The average molecular weight is 507 g/mol. The molecule has 0 saturated heterocycles. The summed E-state index contributed by atoms with van der Waals surface area (Å²) in [7, 11) is -2.29. The molecule has 0 radical (unpaired) electrons. The van der Waals surface area contributed by atoms with E-state index in [0.717, 1.165) is 22.0 Å². The highest BCUT2D eigenvalue weighted by Gasteiger charge is 2.40. The van der Waals surface area contributed by atoms with Crippen LogP contribution in [0.3, 0.4) is 0 Å². The highest BCUT2D eigenvalue weighted by molar-refractivity contribution is 7.92. The van der Waals surface area contributed by atoms with Crippen LogP contribution in [-0.2, 0) is 23.1 Å². The molecular weight excluding hydrogens is 489 g/mol. The summed E-state index contributed by atoms with van der Waals surface area (Å²) in [5.74, 6) is -0.122. The first kappa shape index (κ1) is 22.6. The number of thiophene rings is 1. The van der Waals surface area contributed by atoms with Crippen molar-refractivity contribution in [2.24, 2.45) is 7.05 Å². The van der Waals surface area contributed by atoms with Crippen molar-refractivity contribution in [2.45, 2.75) is 36.9 Å². The van der Waals surface area contributed by atoms with Gasteiger partial charge < -0.3 is 4.57 Å². The van der Waals surface area contributed by atoms with Crippen LogP contribution < -0.4 is 5.56 Å². The lowest BCUT2D eigenvalue weighted by Gasteiger charge is -2.15. The van der Waals surface area contributed by atoms with Crippen LogP contribution in [0.15, 0.2) is 34.0 Å². The zero-order valence-electron chi connectivity index (χ0n) is 18.0. The molecule has 0 spiro atoms. The zero-order valence-corrected chi connectivity index (χ0v) is 19.6. The van der Waals surface area contributed by atoms with Gasteiger partial charge in [0.05, 0.1) is 32.7 Å². The lowest BCUT2D eigenvalue weighted by Crippen LogP contribution is -2.28. The number of hydrogen-bond donors (Lipinski definition) is 0. The SMILES string of the molecule is CCS(=O)(=O)c1c(-c2nc3cc(C(F)(F)F)n(C4CC4)c(=O)c3n2C)sc2cc(C#N)ccc12. The minimum Gasteiger partial charge on any atom is -0.322 e. The molecule has 3 heterocycles. The smallest absolute Gasteiger partial charge is 0.322 e. The molecule has 7 nitrogen and oxygen atoms in total. The van der Waals surface area contributed by atoms with E-state index in [1.54, 1.807) is 12.1 Å². The molecule has 1 fully saturated rings. The van der Waals surface area contributed by atoms with Gasteiger partial charge in [0.2, 0.25) is 0 Å². The van der Waals surface area contributed by atoms with Gasteiger partial charge >= 0.3 is 6.18 Å². The maximum absolute atomic E-state index is 13.8. The van der Waals surface area contributed by atoms with Crippen molar-refractivity contribution < 1.29 is 21.6 Å². The molecule has 5 rings (SSSR count). The standard InChI is InChI=1S/C22H17F3N4O3S2/c1-3-34(31,32)19-13-7-4-11(10-26)8-15(13)33-18(19)20-27-14-9-16(22(23,24)25)29(12-5-6-12)21(30)17(14)28(20)2/h4,7-9,12H,3,5-6H2,1-2H3. The Morgan fingerprint density at radius 3 is 2.56 bits per heavy atom. The van der Waals surface area contributed by atoms with E-state index in [0.29, 0.717) is 28.5 Å². The monoisotopic (exact) mass is 506 g/mol. The summed E-state index contributed by atoms with van der Waals surface area (Å²) in [6, 6.07) is 6.95. The van der Waals surface area contributed by atoms with Crippen molar-refractivity contribution in [3.8, 4) is 16.8 Å². The summed E-state index contributed by atoms with van der Waals surface area (Å²) in [6.07, 6.45) is -3.78. The fourth-order valence-electron chi connectivity index (χ4n) is 4.16. The summed E-state index contributed by atoms with van der Waals surface area (Å²) in [5, 5.41) is 9.63. The van der Waals surface area contributed by atoms with Gasteiger partial charge in [-0.25, -0.2) is 13.4 Å². The van der Waals surface area contributed by atoms with E-state index < -0.39 is 33.3 Å². The van der Waals surface area contributed by atoms with E-state index in [1.807, 2.05) is 6.07 Å². The molecule has 0 atom stereocenters. The molecule has 1 aromatic carbocycles. The molecule has 176 valence electrons. The van der Waals surface area contributed by atoms with Gasteiger partial charge in [0.1, 0.15) is 11.2 Å². The summed E-state index contributed by atoms with van der Waals surface area (Å²) >= 11 is 1.07. The number of halogens is 3. The fourth-order valence-corrected chi connectivity index (χ4v) is 7.06. The fraction of sp³-hybridized carbons (Fsp3) is 0.318. The first-order chi connectivity index (χ1) is 16.0. The van der Waals surface area contributed by atoms with E-state index >= 15 is 0 Å². The number of hydrogen-bond acceptors (Lipinski definition) is 6. The van der Waals surface area contributed by atoms with Gasteiger partial charge in [0, 0.05) is 23.2 Å². The average Bonchev–Trinajstić information content (AvgIpc) is 3.45. The Labute approximate surface area is 195 Å². The molecule has 0 unspecified atom stereocenters. The molecule has 1 aliphatic carbocycles. The lowest BCUT2D eigenvalue weighted by molar-refractivity contribution is -0.144. The molecule has 4 aromatic rings. The van der Waals surface area contributed by atoms with E-state index in [-0.39, 0.29) is 32.4 Å². The van der Waals surface area contributed by atoms with Gasteiger partial charge in [-0.2, -0.15) is 18.4 Å². The van der Waals surface area contributed by atoms with E-state index in [9.17, 15) is 31.6 Å². The predicted octanol–water partition coefficient (Wildman–Crippen LogP) is 4.64. The molecule has 1 saturated carbocycles. The number of benzene rings is 1. The highest BCUT2D eigenvalue weighted by atomic mass is 32.2. The Morgan fingerprint density at radius 2 is 1.97 bits per heavy atom. The van der Waals surface area contributed by atoms with Crippen LogP contribution in [0.1, 0.15) is 37.1 Å². The Morgan fingerprint density at radius 1 is 1.26 bits per heavy atom. The minimum absolute atomic E-state index is 0.00328. The van der Waals surface area contributed by atoms with Gasteiger partial charge in [-0.15, -0.1) is 11.3 Å². The molecule has 3 aromatic heterocycles. The third kappa shape index (κ3) is 3.33. The van der Waals surface area contributed by atoms with Crippen LogP contribution in [0, 0.1) is 11.3 Å². The third-order valence-corrected chi connectivity index (χ3v) is 9.03. The van der Waals surface area contributed by atoms with Crippen LogP contribution >= 0.6 is 11.3 Å². The number of sulfone groups is 1. The van der Waals surface area contributed by atoms with Crippen molar-refractivity contribution in [3.63, 3.8) is 0 Å². The third-order valence-electron chi connectivity index (χ3n) is 5.95. The molecule has 0 bridgehead atoms. The van der Waals surface area contributed by atoms with Crippen LogP contribution in [0.25, 0.3) is 31.8 Å². The number of fused-ring (bicyclic) bond motifs is 2. The van der Waals surface area contributed by atoms with Gasteiger partial charge in [-0.3, -0.25) is 9.36 Å². The molecular formula is C22H17F3N4O3S2. The van der Waals surface area contributed by atoms with Gasteiger partial charge in [-0.05, 0) is 31.0 Å². The summed E-state index contributed by atoms with van der Waals surface area (Å²) in [6.45, 7) is 1.49. The van der Waals surface area contributed by atoms with Gasteiger partial charge in [0.15, 0.2) is 15.7 Å². The highest BCUT2D eigenvalue weighted by Crippen LogP contribution is 2.44. The van der Waals surface area contributed by atoms with Crippen LogP contribution in [0.4, 0.5) is 13.2 Å². The second kappa shape index (κ2) is 7.41. The molecule has 12 heteroatoms. The second-order valence-corrected chi connectivity index (χ2v) is 11.4. The van der Waals surface area contributed by atoms with Crippen molar-refractivity contribution in [2.75, 3.05) is 5.75 Å². The summed E-state index contributed by atoms with van der Waals surface area (Å²) in [5.41, 5.74) is -1.70. The molecule has 0 amide bonds. The molecule has 34 heavy (non-hydrogen) atoms. The van der Waals surface area contributed by atoms with Crippen molar-refractivity contribution >= 4 is 42.3 Å². The largest absolute Gasteiger partial charge is 0.431 e. The van der Waals surface area contributed by atoms with E-state index in [2.05, 4.69) is 4.98 Å². The number of rotatable bonds is 4. The maximum Gasteiger partial charge on any atom is 0.431 e. The van der Waals surface area contributed by atoms with Crippen LogP contribution in [0.2, 0.25) is 0 Å². The number of aromatic nitrogens is 3. The Balaban J connectivity index is 1.87. The summed E-state index contributed by atoms with van der Waals surface area (Å²) < 4.78 is 70.0. The molecule has 0 aliphatic heterocycles.